The normalized spacial score (nSPS) is 11.5. The van der Waals surface area contributed by atoms with Crippen LogP contribution in [0.15, 0.2) is 24.3 Å². The summed E-state index contributed by atoms with van der Waals surface area (Å²) >= 11 is 5.86. The van der Waals surface area contributed by atoms with Crippen LogP contribution in [0.3, 0.4) is 0 Å². The Morgan fingerprint density at radius 2 is 1.81 bits per heavy atom. The zero-order valence-electron chi connectivity index (χ0n) is 11.1. The van der Waals surface area contributed by atoms with Gasteiger partial charge in [-0.05, 0) is 18.2 Å². The lowest BCUT2D eigenvalue weighted by Crippen LogP contribution is -2.13. The fourth-order valence-corrected chi connectivity index (χ4v) is 1.85. The summed E-state index contributed by atoms with van der Waals surface area (Å²) in [5.41, 5.74) is -0.544. The van der Waals surface area contributed by atoms with Gasteiger partial charge in [0, 0.05) is 25.7 Å². The first-order valence-corrected chi connectivity index (χ1v) is 6.19. The van der Waals surface area contributed by atoms with E-state index in [0.717, 1.165) is 12.1 Å². The Bertz CT molecular complexity index is 674. The molecule has 1 aromatic carbocycles. The van der Waals surface area contributed by atoms with Gasteiger partial charge in [-0.2, -0.15) is 13.2 Å². The Kier molecular flexibility index (Phi) is 3.95. The van der Waals surface area contributed by atoms with Crippen LogP contribution in [0.25, 0.3) is 11.3 Å². The number of rotatable bonds is 2. The molecule has 0 radical (unpaired) electrons. The van der Waals surface area contributed by atoms with E-state index >= 15 is 0 Å². The zero-order valence-corrected chi connectivity index (χ0v) is 11.9. The highest BCUT2D eigenvalue weighted by molar-refractivity contribution is 6.29. The first kappa shape index (κ1) is 15.4. The number of phenols is 1. The van der Waals surface area contributed by atoms with Crippen LogP contribution in [-0.4, -0.2) is 29.2 Å². The van der Waals surface area contributed by atoms with Gasteiger partial charge in [-0.1, -0.05) is 11.6 Å². The third-order valence-electron chi connectivity index (χ3n) is 2.68. The summed E-state index contributed by atoms with van der Waals surface area (Å²) in [6.07, 6.45) is -4.52. The number of benzene rings is 1. The minimum absolute atomic E-state index is 0.128. The van der Waals surface area contributed by atoms with Gasteiger partial charge in [0.15, 0.2) is 0 Å². The van der Waals surface area contributed by atoms with E-state index in [1.54, 1.807) is 19.0 Å². The van der Waals surface area contributed by atoms with E-state index < -0.39 is 17.5 Å². The smallest absolute Gasteiger partial charge is 0.416 e. The van der Waals surface area contributed by atoms with Gasteiger partial charge in [0.25, 0.3) is 0 Å². The number of aromatic hydroxyl groups is 1. The lowest BCUT2D eigenvalue weighted by Gasteiger charge is -2.13. The van der Waals surface area contributed by atoms with Crippen molar-refractivity contribution in [3.05, 3.63) is 35.0 Å². The van der Waals surface area contributed by atoms with Gasteiger partial charge in [0.1, 0.15) is 10.9 Å². The molecular weight excluding hydrogens is 307 g/mol. The van der Waals surface area contributed by atoms with E-state index in [1.807, 2.05) is 0 Å². The summed E-state index contributed by atoms with van der Waals surface area (Å²) < 4.78 is 37.7. The molecule has 0 amide bonds. The number of nitrogens with zero attached hydrogens (tertiary/aromatic N) is 3. The second-order valence-electron chi connectivity index (χ2n) is 4.50. The van der Waals surface area contributed by atoms with Crippen molar-refractivity contribution in [3.8, 4) is 17.0 Å². The predicted molar refractivity (Wildman–Crippen MR) is 73.5 cm³/mol. The van der Waals surface area contributed by atoms with Crippen molar-refractivity contribution in [1.82, 2.24) is 9.97 Å². The molecule has 8 heteroatoms. The molecule has 1 heterocycles. The number of hydrogen-bond donors (Lipinski definition) is 1. The minimum Gasteiger partial charge on any atom is -0.507 e. The molecule has 21 heavy (non-hydrogen) atoms. The average Bonchev–Trinajstić information content (AvgIpc) is 2.36. The lowest BCUT2D eigenvalue weighted by atomic mass is 10.1. The van der Waals surface area contributed by atoms with Crippen molar-refractivity contribution >= 4 is 17.5 Å². The molecule has 0 spiro atoms. The average molecular weight is 318 g/mol. The molecule has 0 fully saturated rings. The summed E-state index contributed by atoms with van der Waals surface area (Å²) in [6, 6.07) is 4.05. The molecule has 0 bridgehead atoms. The van der Waals surface area contributed by atoms with Gasteiger partial charge in [-0.15, -0.1) is 0 Å². The highest BCUT2D eigenvalue weighted by atomic mass is 35.5. The maximum atomic E-state index is 12.6. The number of halogens is 4. The topological polar surface area (TPSA) is 49.2 Å². The van der Waals surface area contributed by atoms with Crippen LogP contribution < -0.4 is 4.90 Å². The van der Waals surface area contributed by atoms with Gasteiger partial charge in [-0.3, -0.25) is 0 Å². The molecule has 0 saturated carbocycles. The first-order valence-electron chi connectivity index (χ1n) is 5.81. The summed E-state index contributed by atoms with van der Waals surface area (Å²) in [6.45, 7) is 0. The molecule has 0 atom stereocenters. The molecule has 0 aliphatic carbocycles. The van der Waals surface area contributed by atoms with E-state index in [-0.39, 0.29) is 22.4 Å². The van der Waals surface area contributed by atoms with Crippen LogP contribution in [0.2, 0.25) is 5.15 Å². The van der Waals surface area contributed by atoms with Crippen LogP contribution in [-0.2, 0) is 6.18 Å². The molecule has 0 aliphatic rings. The third kappa shape index (κ3) is 3.36. The van der Waals surface area contributed by atoms with E-state index in [0.29, 0.717) is 6.07 Å². The summed E-state index contributed by atoms with van der Waals surface area (Å²) in [5, 5.41) is 9.94. The second-order valence-corrected chi connectivity index (χ2v) is 4.89. The molecule has 4 nitrogen and oxygen atoms in total. The van der Waals surface area contributed by atoms with Crippen molar-refractivity contribution in [2.75, 3.05) is 19.0 Å². The summed E-state index contributed by atoms with van der Waals surface area (Å²) in [4.78, 5) is 9.70. The molecule has 0 saturated heterocycles. The molecule has 2 aromatic rings. The largest absolute Gasteiger partial charge is 0.507 e. The summed E-state index contributed by atoms with van der Waals surface area (Å²) in [5.74, 6) is -0.235. The molecular formula is C13H11ClF3N3O. The highest BCUT2D eigenvalue weighted by Crippen LogP contribution is 2.36. The fraction of sp³-hybridized carbons (Fsp3) is 0.231. The van der Waals surface area contributed by atoms with Gasteiger partial charge in [0.05, 0.1) is 11.3 Å². The maximum absolute atomic E-state index is 12.6. The van der Waals surface area contributed by atoms with Crippen molar-refractivity contribution in [3.63, 3.8) is 0 Å². The van der Waals surface area contributed by atoms with Crippen molar-refractivity contribution < 1.29 is 18.3 Å². The van der Waals surface area contributed by atoms with Crippen molar-refractivity contribution in [2.24, 2.45) is 0 Å². The van der Waals surface area contributed by atoms with Gasteiger partial charge < -0.3 is 10.0 Å². The third-order valence-corrected chi connectivity index (χ3v) is 2.88. The molecule has 2 rings (SSSR count). The fourth-order valence-electron chi connectivity index (χ4n) is 1.67. The Balaban J connectivity index is 2.52. The molecule has 1 aromatic heterocycles. The van der Waals surface area contributed by atoms with Gasteiger partial charge in [0.2, 0.25) is 5.95 Å². The number of anilines is 1. The molecule has 0 aliphatic heterocycles. The van der Waals surface area contributed by atoms with Crippen LogP contribution in [0.4, 0.5) is 19.1 Å². The Morgan fingerprint density at radius 1 is 1.14 bits per heavy atom. The van der Waals surface area contributed by atoms with Crippen LogP contribution in [0.5, 0.6) is 5.75 Å². The van der Waals surface area contributed by atoms with E-state index in [1.165, 1.54) is 6.07 Å². The van der Waals surface area contributed by atoms with E-state index in [2.05, 4.69) is 9.97 Å². The molecule has 112 valence electrons. The number of aromatic nitrogens is 2. The maximum Gasteiger partial charge on any atom is 0.416 e. The predicted octanol–water partition coefficient (Wildman–Crippen LogP) is 3.59. The van der Waals surface area contributed by atoms with Crippen molar-refractivity contribution in [2.45, 2.75) is 6.18 Å². The zero-order chi connectivity index (χ0) is 15.8. The monoisotopic (exact) mass is 317 g/mol. The second kappa shape index (κ2) is 5.40. The quantitative estimate of drug-likeness (QED) is 0.860. The SMILES string of the molecule is CN(C)c1nc(Cl)cc(-c2ccc(C(F)(F)F)cc2O)n1. The van der Waals surface area contributed by atoms with Gasteiger partial charge >= 0.3 is 6.18 Å². The van der Waals surface area contributed by atoms with E-state index in [4.69, 9.17) is 11.6 Å². The number of phenolic OH excluding ortho intramolecular Hbond substituents is 1. The van der Waals surface area contributed by atoms with Crippen LogP contribution in [0, 0.1) is 0 Å². The van der Waals surface area contributed by atoms with Crippen LogP contribution in [0.1, 0.15) is 5.56 Å². The summed E-state index contributed by atoms with van der Waals surface area (Å²) in [7, 11) is 3.39. The number of hydrogen-bond acceptors (Lipinski definition) is 4. The van der Waals surface area contributed by atoms with Crippen LogP contribution >= 0.6 is 11.6 Å². The minimum atomic E-state index is -4.52. The molecule has 0 unspecified atom stereocenters. The highest BCUT2D eigenvalue weighted by Gasteiger charge is 2.31. The Labute approximate surface area is 123 Å². The molecule has 1 N–H and O–H groups in total. The Hall–Kier alpha value is -2.02. The van der Waals surface area contributed by atoms with E-state index in [9.17, 15) is 18.3 Å². The Morgan fingerprint density at radius 3 is 2.33 bits per heavy atom. The van der Waals surface area contributed by atoms with Crippen molar-refractivity contribution in [1.29, 1.82) is 0 Å². The van der Waals surface area contributed by atoms with Gasteiger partial charge in [-0.25, -0.2) is 9.97 Å². The lowest BCUT2D eigenvalue weighted by molar-refractivity contribution is -0.137. The number of alkyl halides is 3. The standard InChI is InChI=1S/C13H11ClF3N3O/c1-20(2)12-18-9(6-11(14)19-12)8-4-3-7(5-10(8)21)13(15,16)17/h3-6,21H,1-2H3. The first-order chi connectivity index (χ1) is 9.68.